The first-order chi connectivity index (χ1) is 18.4. The maximum absolute atomic E-state index is 13.6. The number of rotatable bonds is 11. The summed E-state index contributed by atoms with van der Waals surface area (Å²) in [6.45, 7) is 8.76. The van der Waals surface area contributed by atoms with Crippen LogP contribution in [0.25, 0.3) is 0 Å². The van der Waals surface area contributed by atoms with Crippen LogP contribution in [-0.4, -0.2) is 45.3 Å². The highest BCUT2D eigenvalue weighted by Gasteiger charge is 2.32. The van der Waals surface area contributed by atoms with E-state index in [0.717, 1.165) is 23.4 Å². The molecule has 1 aromatic heterocycles. The summed E-state index contributed by atoms with van der Waals surface area (Å²) in [6, 6.07) is 15.4. The van der Waals surface area contributed by atoms with Gasteiger partial charge in [0.25, 0.3) is 5.91 Å². The molecule has 0 spiro atoms. The summed E-state index contributed by atoms with van der Waals surface area (Å²) in [6.07, 6.45) is -2.09. The predicted octanol–water partition coefficient (Wildman–Crippen LogP) is 7.13. The van der Waals surface area contributed by atoms with Crippen molar-refractivity contribution < 1.29 is 22.8 Å². The number of nitrogens with zero attached hydrogens (tertiary/aromatic N) is 3. The molecular formula is C30H35ClF3N3O2. The molecule has 1 atom stereocenters. The Morgan fingerprint density at radius 3 is 2.36 bits per heavy atom. The largest absolute Gasteiger partial charge is 0.416 e. The van der Waals surface area contributed by atoms with Crippen LogP contribution in [-0.2, 0) is 24.1 Å². The second kappa shape index (κ2) is 13.2. The highest BCUT2D eigenvalue weighted by atomic mass is 35.5. The first kappa shape index (κ1) is 30.3. The van der Waals surface area contributed by atoms with Crippen LogP contribution < -0.4 is 0 Å². The van der Waals surface area contributed by atoms with Gasteiger partial charge in [-0.05, 0) is 61.2 Å². The second-order valence-electron chi connectivity index (χ2n) is 10.2. The van der Waals surface area contributed by atoms with Crippen LogP contribution in [0, 0.1) is 5.92 Å². The molecule has 0 bridgehead atoms. The fraction of sp³-hybridized carbons (Fsp3) is 0.400. The summed E-state index contributed by atoms with van der Waals surface area (Å²) >= 11 is 6.36. The second-order valence-corrected chi connectivity index (χ2v) is 10.6. The highest BCUT2D eigenvalue weighted by molar-refractivity contribution is 6.31. The van der Waals surface area contributed by atoms with Gasteiger partial charge in [-0.15, -0.1) is 0 Å². The van der Waals surface area contributed by atoms with E-state index in [9.17, 15) is 22.8 Å². The predicted molar refractivity (Wildman–Crippen MR) is 147 cm³/mol. The Kier molecular flexibility index (Phi) is 10.2. The Morgan fingerprint density at radius 2 is 1.72 bits per heavy atom. The lowest BCUT2D eigenvalue weighted by molar-refractivity contribution is -0.137. The Hall–Kier alpha value is -3.26. The van der Waals surface area contributed by atoms with Crippen molar-refractivity contribution in [2.75, 3.05) is 13.1 Å². The van der Waals surface area contributed by atoms with Gasteiger partial charge in [0.1, 0.15) is 6.54 Å². The molecule has 1 unspecified atom stereocenters. The molecule has 5 nitrogen and oxygen atoms in total. The average Bonchev–Trinajstić information content (AvgIpc) is 3.33. The third kappa shape index (κ3) is 8.12. The van der Waals surface area contributed by atoms with Crippen molar-refractivity contribution in [2.24, 2.45) is 5.92 Å². The molecule has 210 valence electrons. The van der Waals surface area contributed by atoms with E-state index in [4.69, 9.17) is 11.6 Å². The molecular weight excluding hydrogens is 527 g/mol. The van der Waals surface area contributed by atoms with Crippen LogP contribution >= 0.6 is 11.6 Å². The number of benzene rings is 2. The Labute approximate surface area is 233 Å². The van der Waals surface area contributed by atoms with Crippen molar-refractivity contribution in [1.29, 1.82) is 0 Å². The van der Waals surface area contributed by atoms with Gasteiger partial charge in [-0.1, -0.05) is 56.6 Å². The number of hydrogen-bond acceptors (Lipinski definition) is 2. The lowest BCUT2D eigenvalue weighted by Gasteiger charge is -2.32. The number of amides is 2. The molecule has 2 aromatic carbocycles. The lowest BCUT2D eigenvalue weighted by atomic mass is 10.1. The summed E-state index contributed by atoms with van der Waals surface area (Å²) in [7, 11) is 0. The van der Waals surface area contributed by atoms with Gasteiger partial charge in [0.05, 0.1) is 12.1 Å². The molecule has 0 fully saturated rings. The van der Waals surface area contributed by atoms with Gasteiger partial charge in [0.15, 0.2) is 0 Å². The first-order valence-corrected chi connectivity index (χ1v) is 13.4. The molecule has 0 aliphatic rings. The molecule has 3 aromatic rings. The third-order valence-corrected chi connectivity index (χ3v) is 7.01. The van der Waals surface area contributed by atoms with Gasteiger partial charge in [-0.2, -0.15) is 13.2 Å². The first-order valence-electron chi connectivity index (χ1n) is 13.0. The number of halogens is 4. The SMILES string of the molecule is CCC(C)N(CC(=O)N(Cc1cccn1Cc1ccccc1Cl)CC(C)C)C(=O)c1cccc(C(F)(F)F)c1. The van der Waals surface area contributed by atoms with E-state index in [0.29, 0.717) is 31.1 Å². The molecule has 0 saturated carbocycles. The average molecular weight is 562 g/mol. The molecule has 0 aliphatic heterocycles. The topological polar surface area (TPSA) is 45.6 Å². The van der Waals surface area contributed by atoms with Crippen molar-refractivity contribution in [3.63, 3.8) is 0 Å². The lowest BCUT2D eigenvalue weighted by Crippen LogP contribution is -2.47. The van der Waals surface area contributed by atoms with Crippen LogP contribution in [0.4, 0.5) is 13.2 Å². The van der Waals surface area contributed by atoms with Crippen LogP contribution in [0.15, 0.2) is 66.9 Å². The van der Waals surface area contributed by atoms with Gasteiger partial charge in [-0.25, -0.2) is 0 Å². The van der Waals surface area contributed by atoms with Gasteiger partial charge in [0.2, 0.25) is 5.91 Å². The normalized spacial score (nSPS) is 12.4. The van der Waals surface area contributed by atoms with Crippen molar-refractivity contribution >= 4 is 23.4 Å². The molecule has 0 saturated heterocycles. The quantitative estimate of drug-likeness (QED) is 0.250. The van der Waals surface area contributed by atoms with Crippen LogP contribution in [0.3, 0.4) is 0 Å². The minimum absolute atomic E-state index is 0.0954. The van der Waals surface area contributed by atoms with E-state index < -0.39 is 17.6 Å². The molecule has 1 heterocycles. The molecule has 2 amide bonds. The minimum atomic E-state index is -4.57. The summed E-state index contributed by atoms with van der Waals surface area (Å²) < 4.78 is 41.8. The van der Waals surface area contributed by atoms with Gasteiger partial charge >= 0.3 is 6.18 Å². The monoisotopic (exact) mass is 561 g/mol. The summed E-state index contributed by atoms with van der Waals surface area (Å²) in [5, 5.41) is 0.657. The van der Waals surface area contributed by atoms with Crippen LogP contribution in [0.1, 0.15) is 61.3 Å². The maximum atomic E-state index is 13.6. The Morgan fingerprint density at radius 1 is 1.00 bits per heavy atom. The highest BCUT2D eigenvalue weighted by Crippen LogP contribution is 2.30. The van der Waals surface area contributed by atoms with Gasteiger partial charge in [-0.3, -0.25) is 9.59 Å². The summed E-state index contributed by atoms with van der Waals surface area (Å²) in [5.74, 6) is -0.706. The van der Waals surface area contributed by atoms with Gasteiger partial charge < -0.3 is 14.4 Å². The zero-order valence-corrected chi connectivity index (χ0v) is 23.5. The minimum Gasteiger partial charge on any atom is -0.345 e. The van der Waals surface area contributed by atoms with Crippen molar-refractivity contribution in [3.8, 4) is 0 Å². The van der Waals surface area contributed by atoms with E-state index in [2.05, 4.69) is 0 Å². The summed E-state index contributed by atoms with van der Waals surface area (Å²) in [4.78, 5) is 30.1. The Balaban J connectivity index is 1.84. The van der Waals surface area contributed by atoms with E-state index in [1.165, 1.54) is 17.0 Å². The number of alkyl halides is 3. The zero-order valence-electron chi connectivity index (χ0n) is 22.7. The van der Waals surface area contributed by atoms with Gasteiger partial charge in [0, 0.05) is 41.6 Å². The number of carbonyl (C=O) groups is 2. The fourth-order valence-electron chi connectivity index (χ4n) is 4.34. The number of hydrogen-bond donors (Lipinski definition) is 0. The summed E-state index contributed by atoms with van der Waals surface area (Å²) in [5.41, 5.74) is 0.864. The Bertz CT molecular complexity index is 1270. The standard InChI is InChI=1S/C30H35ClF3N3O2/c1-5-22(4)37(29(39)23-11-8-12-25(16-23)30(32,33)34)20-28(38)36(17-21(2)3)19-26-13-9-15-35(26)18-24-10-6-7-14-27(24)31/h6-16,21-22H,5,17-20H2,1-4H3. The maximum Gasteiger partial charge on any atom is 0.416 e. The van der Waals surface area contributed by atoms with Crippen molar-refractivity contribution in [2.45, 2.75) is 59.4 Å². The van der Waals surface area contributed by atoms with E-state index in [1.54, 1.807) is 11.8 Å². The number of carbonyl (C=O) groups excluding carboxylic acids is 2. The molecule has 0 N–H and O–H groups in total. The molecule has 39 heavy (non-hydrogen) atoms. The van der Waals surface area contributed by atoms with Crippen LogP contribution in [0.5, 0.6) is 0 Å². The van der Waals surface area contributed by atoms with Crippen molar-refractivity contribution in [3.05, 3.63) is 94.3 Å². The molecule has 3 rings (SSSR count). The van der Waals surface area contributed by atoms with E-state index in [1.807, 2.05) is 67.9 Å². The van der Waals surface area contributed by atoms with E-state index >= 15 is 0 Å². The third-order valence-electron chi connectivity index (χ3n) is 6.64. The van der Waals surface area contributed by atoms with Crippen molar-refractivity contribution in [1.82, 2.24) is 14.4 Å². The van der Waals surface area contributed by atoms with Crippen LogP contribution in [0.2, 0.25) is 5.02 Å². The molecule has 9 heteroatoms. The molecule has 0 radical (unpaired) electrons. The zero-order chi connectivity index (χ0) is 28.7. The fourth-order valence-corrected chi connectivity index (χ4v) is 4.53. The number of aromatic nitrogens is 1. The van der Waals surface area contributed by atoms with E-state index in [-0.39, 0.29) is 30.0 Å². The smallest absolute Gasteiger partial charge is 0.345 e. The molecule has 0 aliphatic carbocycles.